The summed E-state index contributed by atoms with van der Waals surface area (Å²) in [5.41, 5.74) is 1.65. The molecule has 0 aliphatic rings. The SMILES string of the molecule is C=C(C[C@H](O)C(=O)OCC)c1ccccc1. The quantitative estimate of drug-likeness (QED) is 0.772. The number of carbonyl (C=O) groups is 1. The Labute approximate surface area is 95.4 Å². The fourth-order valence-electron chi connectivity index (χ4n) is 1.35. The van der Waals surface area contributed by atoms with Gasteiger partial charge in [-0.1, -0.05) is 36.9 Å². The fraction of sp³-hybridized carbons (Fsp3) is 0.308. The Morgan fingerprint density at radius 1 is 1.44 bits per heavy atom. The molecule has 1 N–H and O–H groups in total. The van der Waals surface area contributed by atoms with E-state index in [-0.39, 0.29) is 13.0 Å². The Kier molecular flexibility index (Phi) is 4.73. The van der Waals surface area contributed by atoms with Crippen LogP contribution >= 0.6 is 0 Å². The Bertz CT molecular complexity index is 357. The van der Waals surface area contributed by atoms with Crippen molar-refractivity contribution in [2.45, 2.75) is 19.4 Å². The van der Waals surface area contributed by atoms with Gasteiger partial charge >= 0.3 is 5.97 Å². The number of aliphatic hydroxyl groups excluding tert-OH is 1. The molecule has 3 nitrogen and oxygen atoms in total. The molecule has 0 heterocycles. The Morgan fingerprint density at radius 2 is 2.06 bits per heavy atom. The van der Waals surface area contributed by atoms with Crippen molar-refractivity contribution < 1.29 is 14.6 Å². The predicted octanol–water partition coefficient (Wildman–Crippen LogP) is 2.01. The molecule has 0 unspecified atom stereocenters. The lowest BCUT2D eigenvalue weighted by molar-refractivity contribution is -0.152. The minimum Gasteiger partial charge on any atom is -0.464 e. The van der Waals surface area contributed by atoms with Crippen molar-refractivity contribution in [2.75, 3.05) is 6.61 Å². The van der Waals surface area contributed by atoms with E-state index < -0.39 is 12.1 Å². The summed E-state index contributed by atoms with van der Waals surface area (Å²) in [5, 5.41) is 9.55. The summed E-state index contributed by atoms with van der Waals surface area (Å²) in [6.07, 6.45) is -0.935. The van der Waals surface area contributed by atoms with Crippen LogP contribution < -0.4 is 0 Å². The molecular weight excluding hydrogens is 204 g/mol. The highest BCUT2D eigenvalue weighted by atomic mass is 16.5. The number of hydrogen-bond donors (Lipinski definition) is 1. The van der Waals surface area contributed by atoms with Gasteiger partial charge in [-0.3, -0.25) is 0 Å². The molecule has 16 heavy (non-hydrogen) atoms. The van der Waals surface area contributed by atoms with E-state index in [0.717, 1.165) is 11.1 Å². The summed E-state index contributed by atoms with van der Waals surface area (Å²) in [5.74, 6) is -0.598. The van der Waals surface area contributed by atoms with E-state index >= 15 is 0 Å². The fourth-order valence-corrected chi connectivity index (χ4v) is 1.35. The monoisotopic (exact) mass is 220 g/mol. The second-order valence-corrected chi connectivity index (χ2v) is 3.44. The molecule has 0 spiro atoms. The molecule has 1 aromatic carbocycles. The van der Waals surface area contributed by atoms with E-state index in [0.29, 0.717) is 0 Å². The van der Waals surface area contributed by atoms with Gasteiger partial charge in [0.15, 0.2) is 6.10 Å². The first-order valence-electron chi connectivity index (χ1n) is 5.23. The van der Waals surface area contributed by atoms with Gasteiger partial charge in [0.05, 0.1) is 6.61 Å². The van der Waals surface area contributed by atoms with Crippen molar-refractivity contribution in [2.24, 2.45) is 0 Å². The van der Waals surface area contributed by atoms with Gasteiger partial charge in [0, 0.05) is 6.42 Å². The van der Waals surface area contributed by atoms with Crippen molar-refractivity contribution in [3.8, 4) is 0 Å². The predicted molar refractivity (Wildman–Crippen MR) is 62.7 cm³/mol. The lowest BCUT2D eigenvalue weighted by Crippen LogP contribution is -2.23. The van der Waals surface area contributed by atoms with Crippen LogP contribution in [0, 0.1) is 0 Å². The van der Waals surface area contributed by atoms with Gasteiger partial charge in [-0.2, -0.15) is 0 Å². The van der Waals surface area contributed by atoms with E-state index in [4.69, 9.17) is 4.74 Å². The molecule has 0 aromatic heterocycles. The van der Waals surface area contributed by atoms with Crippen molar-refractivity contribution in [3.05, 3.63) is 42.5 Å². The van der Waals surface area contributed by atoms with Crippen molar-refractivity contribution >= 4 is 11.5 Å². The summed E-state index contributed by atoms with van der Waals surface area (Å²) < 4.78 is 4.71. The lowest BCUT2D eigenvalue weighted by atomic mass is 10.0. The number of ether oxygens (including phenoxy) is 1. The molecule has 0 fully saturated rings. The zero-order valence-corrected chi connectivity index (χ0v) is 9.35. The molecule has 0 radical (unpaired) electrons. The van der Waals surface area contributed by atoms with E-state index in [1.165, 1.54) is 0 Å². The minimum atomic E-state index is -1.13. The number of hydrogen-bond acceptors (Lipinski definition) is 3. The average molecular weight is 220 g/mol. The summed E-state index contributed by atoms with van der Waals surface area (Å²) in [6.45, 7) is 5.82. The highest BCUT2D eigenvalue weighted by Gasteiger charge is 2.17. The first kappa shape index (κ1) is 12.5. The number of rotatable bonds is 5. The van der Waals surface area contributed by atoms with Crippen molar-refractivity contribution in [1.82, 2.24) is 0 Å². The zero-order valence-electron chi connectivity index (χ0n) is 9.35. The van der Waals surface area contributed by atoms with Gasteiger partial charge in [-0.15, -0.1) is 0 Å². The topological polar surface area (TPSA) is 46.5 Å². The molecule has 1 rings (SSSR count). The molecule has 0 saturated heterocycles. The average Bonchev–Trinajstić information content (AvgIpc) is 2.30. The highest BCUT2D eigenvalue weighted by molar-refractivity contribution is 5.78. The third-order valence-electron chi connectivity index (χ3n) is 2.18. The van der Waals surface area contributed by atoms with Crippen LogP contribution in [0.2, 0.25) is 0 Å². The van der Waals surface area contributed by atoms with E-state index in [1.807, 2.05) is 30.3 Å². The van der Waals surface area contributed by atoms with Crippen LogP contribution in [0.4, 0.5) is 0 Å². The number of carbonyl (C=O) groups excluding carboxylic acids is 1. The smallest absolute Gasteiger partial charge is 0.335 e. The van der Waals surface area contributed by atoms with Gasteiger partial charge in [0.1, 0.15) is 0 Å². The number of esters is 1. The molecule has 0 bridgehead atoms. The Morgan fingerprint density at radius 3 is 2.62 bits per heavy atom. The van der Waals surface area contributed by atoms with Crippen LogP contribution in [-0.4, -0.2) is 23.8 Å². The van der Waals surface area contributed by atoms with Gasteiger partial charge in [0.25, 0.3) is 0 Å². The maximum absolute atomic E-state index is 11.2. The van der Waals surface area contributed by atoms with Gasteiger partial charge in [0.2, 0.25) is 0 Å². The summed E-state index contributed by atoms with van der Waals surface area (Å²) in [4.78, 5) is 11.2. The van der Waals surface area contributed by atoms with Crippen LogP contribution in [0.15, 0.2) is 36.9 Å². The number of aliphatic hydroxyl groups is 1. The Hall–Kier alpha value is -1.61. The molecule has 1 aromatic rings. The maximum atomic E-state index is 11.2. The first-order valence-corrected chi connectivity index (χ1v) is 5.23. The maximum Gasteiger partial charge on any atom is 0.335 e. The zero-order chi connectivity index (χ0) is 12.0. The van der Waals surface area contributed by atoms with Crippen LogP contribution in [0.3, 0.4) is 0 Å². The van der Waals surface area contributed by atoms with Crippen LogP contribution in [0.1, 0.15) is 18.9 Å². The van der Waals surface area contributed by atoms with Crippen LogP contribution in [-0.2, 0) is 9.53 Å². The van der Waals surface area contributed by atoms with Gasteiger partial charge in [-0.25, -0.2) is 4.79 Å². The molecule has 0 aliphatic carbocycles. The third kappa shape index (κ3) is 3.51. The normalized spacial score (nSPS) is 11.9. The summed E-state index contributed by atoms with van der Waals surface area (Å²) in [7, 11) is 0. The molecule has 0 aliphatic heterocycles. The highest BCUT2D eigenvalue weighted by Crippen LogP contribution is 2.17. The van der Waals surface area contributed by atoms with Crippen LogP contribution in [0.5, 0.6) is 0 Å². The molecular formula is C13H16O3. The largest absolute Gasteiger partial charge is 0.464 e. The molecule has 1 atom stereocenters. The second kappa shape index (κ2) is 6.08. The molecule has 0 saturated carbocycles. The van der Waals surface area contributed by atoms with E-state index in [9.17, 15) is 9.90 Å². The van der Waals surface area contributed by atoms with Crippen LogP contribution in [0.25, 0.3) is 5.57 Å². The third-order valence-corrected chi connectivity index (χ3v) is 2.18. The summed E-state index contributed by atoms with van der Waals surface area (Å²) in [6, 6.07) is 9.45. The van der Waals surface area contributed by atoms with Gasteiger partial charge < -0.3 is 9.84 Å². The summed E-state index contributed by atoms with van der Waals surface area (Å²) >= 11 is 0. The number of benzene rings is 1. The molecule has 3 heteroatoms. The van der Waals surface area contributed by atoms with Gasteiger partial charge in [-0.05, 0) is 18.1 Å². The molecule has 0 amide bonds. The first-order chi connectivity index (χ1) is 7.65. The standard InChI is InChI=1S/C13H16O3/c1-3-16-13(15)12(14)9-10(2)11-7-5-4-6-8-11/h4-8,12,14H,2-3,9H2,1H3/t12-/m0/s1. The molecule has 86 valence electrons. The van der Waals surface area contributed by atoms with E-state index in [2.05, 4.69) is 6.58 Å². The lowest BCUT2D eigenvalue weighted by Gasteiger charge is -2.11. The van der Waals surface area contributed by atoms with E-state index in [1.54, 1.807) is 6.92 Å². The van der Waals surface area contributed by atoms with Crippen molar-refractivity contribution in [1.29, 1.82) is 0 Å². The Balaban J connectivity index is 2.55. The van der Waals surface area contributed by atoms with Crippen molar-refractivity contribution in [3.63, 3.8) is 0 Å². The second-order valence-electron chi connectivity index (χ2n) is 3.44. The minimum absolute atomic E-state index is 0.197.